The van der Waals surface area contributed by atoms with Gasteiger partial charge in [-0.3, -0.25) is 0 Å². The van der Waals surface area contributed by atoms with Gasteiger partial charge in [0.05, 0.1) is 0 Å². The Morgan fingerprint density at radius 2 is 1.00 bits per heavy atom. The van der Waals surface area contributed by atoms with Crippen molar-refractivity contribution in [2.45, 2.75) is 90.4 Å². The third-order valence-corrected chi connectivity index (χ3v) is 3.03. The third kappa shape index (κ3) is 13.9. The average molecular weight is 234 g/mol. The van der Waals surface area contributed by atoms with Gasteiger partial charge in [-0.05, 0) is 6.42 Å². The average Bonchev–Trinajstić information content (AvgIpc) is 2.25. The highest BCUT2D eigenvalue weighted by Crippen LogP contribution is 2.13. The van der Waals surface area contributed by atoms with Gasteiger partial charge in [0, 0.05) is 6.42 Å². The van der Waals surface area contributed by atoms with E-state index in [0.29, 0.717) is 6.42 Å². The lowest BCUT2D eigenvalue weighted by molar-refractivity contribution is 0.133. The lowest BCUT2D eigenvalue weighted by atomic mass is 10.1. The van der Waals surface area contributed by atoms with E-state index in [1.807, 2.05) is 0 Å². The molecule has 0 rings (SSSR count). The molecule has 0 aromatic rings. The first-order valence-electron chi connectivity index (χ1n) is 7.05. The molecule has 0 atom stereocenters. The van der Waals surface area contributed by atoms with Crippen molar-refractivity contribution in [1.29, 1.82) is 0 Å². The van der Waals surface area contributed by atoms with Crippen LogP contribution in [0.1, 0.15) is 84.0 Å². The fourth-order valence-corrected chi connectivity index (χ4v) is 1.96. The molecule has 0 aliphatic rings. The van der Waals surface area contributed by atoms with Gasteiger partial charge in [-0.2, -0.15) is 0 Å². The molecule has 0 spiro atoms. The van der Waals surface area contributed by atoms with Crippen LogP contribution in [0, 0.1) is 0 Å². The Morgan fingerprint density at radius 1 is 0.625 bits per heavy atom. The topological polar surface area (TPSA) is 0 Å². The largest absolute Gasteiger partial charge is 0.238 e. The molecule has 0 unspecified atom stereocenters. The first-order valence-corrected chi connectivity index (χ1v) is 7.05. The Hall–Kier alpha value is -0.140. The molecule has 0 N–H and O–H groups in total. The maximum Gasteiger partial charge on any atom is 0.238 e. The molecule has 98 valence electrons. The van der Waals surface area contributed by atoms with Gasteiger partial charge in [0.15, 0.2) is 0 Å². The Balaban J connectivity index is 2.88. The third-order valence-electron chi connectivity index (χ3n) is 3.03. The minimum absolute atomic E-state index is 0.0943. The van der Waals surface area contributed by atoms with Crippen molar-refractivity contribution in [3.8, 4) is 0 Å². The molecule has 0 heterocycles. The number of hydrogen-bond acceptors (Lipinski definition) is 0. The van der Waals surface area contributed by atoms with E-state index in [0.717, 1.165) is 12.8 Å². The maximum atomic E-state index is 11.8. The van der Waals surface area contributed by atoms with Crippen molar-refractivity contribution in [3.63, 3.8) is 0 Å². The van der Waals surface area contributed by atoms with Crippen LogP contribution in [0.5, 0.6) is 0 Å². The quantitative estimate of drug-likeness (QED) is 0.366. The Morgan fingerprint density at radius 3 is 1.38 bits per heavy atom. The predicted octanol–water partition coefficient (Wildman–Crippen LogP) is 5.95. The van der Waals surface area contributed by atoms with Gasteiger partial charge in [-0.1, -0.05) is 71.1 Å². The van der Waals surface area contributed by atoms with Crippen molar-refractivity contribution < 1.29 is 8.78 Å². The normalized spacial score (nSPS) is 11.2. The summed E-state index contributed by atoms with van der Waals surface area (Å²) in [4.78, 5) is 0. The van der Waals surface area contributed by atoms with Crippen molar-refractivity contribution in [2.75, 3.05) is 0 Å². The number of rotatable bonds is 12. The van der Waals surface area contributed by atoms with Gasteiger partial charge < -0.3 is 0 Å². The maximum absolute atomic E-state index is 11.8. The minimum atomic E-state index is -2.10. The molecular weight excluding hydrogens is 206 g/mol. The molecule has 0 amide bonds. The van der Waals surface area contributed by atoms with Gasteiger partial charge in [-0.15, -0.1) is 0 Å². The standard InChI is InChI=1S/C14H28F2/c1-2-3-4-5-6-7-8-9-10-11-12-13-14(15)16/h14H,2-13H2,1H3. The number of hydrogen-bond donors (Lipinski definition) is 0. The molecule has 16 heavy (non-hydrogen) atoms. The van der Waals surface area contributed by atoms with E-state index in [1.165, 1.54) is 51.4 Å². The summed E-state index contributed by atoms with van der Waals surface area (Å²) in [6.45, 7) is 2.24. The van der Waals surface area contributed by atoms with Crippen LogP contribution in [0.2, 0.25) is 0 Å². The lowest BCUT2D eigenvalue weighted by Gasteiger charge is -2.02. The fourth-order valence-electron chi connectivity index (χ4n) is 1.96. The molecule has 0 aliphatic carbocycles. The smallest absolute Gasteiger partial charge is 0.211 e. The van der Waals surface area contributed by atoms with Gasteiger partial charge in [0.1, 0.15) is 0 Å². The van der Waals surface area contributed by atoms with E-state index < -0.39 is 6.43 Å². The highest BCUT2D eigenvalue weighted by molar-refractivity contribution is 4.49. The van der Waals surface area contributed by atoms with Gasteiger partial charge in [-0.25, -0.2) is 8.78 Å². The Labute approximate surface area is 99.8 Å². The van der Waals surface area contributed by atoms with Gasteiger partial charge >= 0.3 is 0 Å². The van der Waals surface area contributed by atoms with E-state index >= 15 is 0 Å². The van der Waals surface area contributed by atoms with Crippen LogP contribution < -0.4 is 0 Å². The first-order chi connectivity index (χ1) is 7.77. The van der Waals surface area contributed by atoms with Crippen LogP contribution in [-0.2, 0) is 0 Å². The SMILES string of the molecule is CCCCCCCCCCCCCC(F)F. The van der Waals surface area contributed by atoms with E-state index in [4.69, 9.17) is 0 Å². The number of unbranched alkanes of at least 4 members (excludes halogenated alkanes) is 10. The molecule has 0 aliphatic heterocycles. The van der Waals surface area contributed by atoms with E-state index in [9.17, 15) is 8.78 Å². The first kappa shape index (κ1) is 15.9. The van der Waals surface area contributed by atoms with Crippen LogP contribution in [0.4, 0.5) is 8.78 Å². The summed E-state index contributed by atoms with van der Waals surface area (Å²) < 4.78 is 23.6. The molecule has 0 fully saturated rings. The zero-order valence-electron chi connectivity index (χ0n) is 10.8. The van der Waals surface area contributed by atoms with E-state index in [2.05, 4.69) is 6.92 Å². The van der Waals surface area contributed by atoms with Crippen LogP contribution in [0.3, 0.4) is 0 Å². The monoisotopic (exact) mass is 234 g/mol. The minimum Gasteiger partial charge on any atom is -0.211 e. The second-order valence-corrected chi connectivity index (χ2v) is 4.72. The number of alkyl halides is 2. The fraction of sp³-hybridized carbons (Fsp3) is 1.00. The Bertz CT molecular complexity index is 124. The molecule has 0 aromatic heterocycles. The molecule has 0 nitrogen and oxygen atoms in total. The highest BCUT2D eigenvalue weighted by atomic mass is 19.3. The van der Waals surface area contributed by atoms with Crippen LogP contribution >= 0.6 is 0 Å². The molecule has 0 radical (unpaired) electrons. The van der Waals surface area contributed by atoms with Gasteiger partial charge in [0.2, 0.25) is 6.43 Å². The summed E-state index contributed by atoms with van der Waals surface area (Å²) in [7, 11) is 0. The highest BCUT2D eigenvalue weighted by Gasteiger charge is 2.00. The van der Waals surface area contributed by atoms with Crippen molar-refractivity contribution in [2.24, 2.45) is 0 Å². The van der Waals surface area contributed by atoms with E-state index in [-0.39, 0.29) is 6.42 Å². The van der Waals surface area contributed by atoms with Crippen molar-refractivity contribution in [1.82, 2.24) is 0 Å². The predicted molar refractivity (Wildman–Crippen MR) is 67.1 cm³/mol. The molecule has 0 aromatic carbocycles. The summed E-state index contributed by atoms with van der Waals surface area (Å²) in [6.07, 6.45) is 11.5. The van der Waals surface area contributed by atoms with E-state index in [1.54, 1.807) is 0 Å². The molecular formula is C14H28F2. The van der Waals surface area contributed by atoms with Gasteiger partial charge in [0.25, 0.3) is 0 Å². The summed E-state index contributed by atoms with van der Waals surface area (Å²) in [5, 5.41) is 0. The second-order valence-electron chi connectivity index (χ2n) is 4.72. The zero-order chi connectivity index (χ0) is 12.1. The number of halogens is 2. The summed E-state index contributed by atoms with van der Waals surface area (Å²) in [5.41, 5.74) is 0. The summed E-state index contributed by atoms with van der Waals surface area (Å²) in [5.74, 6) is 0. The second kappa shape index (κ2) is 12.9. The molecule has 0 bridgehead atoms. The van der Waals surface area contributed by atoms with Crippen molar-refractivity contribution >= 4 is 0 Å². The van der Waals surface area contributed by atoms with Crippen molar-refractivity contribution in [3.05, 3.63) is 0 Å². The lowest BCUT2D eigenvalue weighted by Crippen LogP contribution is -1.89. The summed E-state index contributed by atoms with van der Waals surface area (Å²) in [6, 6.07) is 0. The van der Waals surface area contributed by atoms with Crippen LogP contribution in [-0.4, -0.2) is 6.43 Å². The molecule has 0 saturated carbocycles. The van der Waals surface area contributed by atoms with Crippen LogP contribution in [0.15, 0.2) is 0 Å². The summed E-state index contributed by atoms with van der Waals surface area (Å²) >= 11 is 0. The molecule has 0 saturated heterocycles. The zero-order valence-corrected chi connectivity index (χ0v) is 10.8. The molecule has 2 heteroatoms. The van der Waals surface area contributed by atoms with Crippen LogP contribution in [0.25, 0.3) is 0 Å². The Kier molecular flexibility index (Phi) is 12.8.